The van der Waals surface area contributed by atoms with Crippen LogP contribution < -0.4 is 5.01 Å². The number of azo groups is 3. The van der Waals surface area contributed by atoms with Gasteiger partial charge in [-0.05, 0) is 66.9 Å². The zero-order valence-corrected chi connectivity index (χ0v) is 30.1. The first kappa shape index (κ1) is 39.3. The number of rotatable bonds is 11. The summed E-state index contributed by atoms with van der Waals surface area (Å²) in [5, 5.41) is 70.3. The Morgan fingerprint density at radius 2 is 1.42 bits per heavy atom. The van der Waals surface area contributed by atoms with E-state index in [0.717, 1.165) is 53.5 Å². The highest BCUT2D eigenvalue weighted by Crippen LogP contribution is 2.48. The van der Waals surface area contributed by atoms with Crippen LogP contribution in [-0.4, -0.2) is 69.8 Å². The first-order valence-electron chi connectivity index (χ1n) is 15.7. The molecule has 5 aromatic rings. The van der Waals surface area contributed by atoms with Crippen LogP contribution in [0.25, 0.3) is 10.8 Å². The third kappa shape index (κ3) is 8.03. The highest BCUT2D eigenvalue weighted by atomic mass is 32.2. The molecular weight excluding hydrogens is 795 g/mol. The van der Waals surface area contributed by atoms with Crippen LogP contribution in [-0.2, 0) is 25.0 Å². The first-order valence-corrected chi connectivity index (χ1v) is 18.5. The molecule has 0 aromatic heterocycles. The quantitative estimate of drug-likeness (QED) is 0.0386. The van der Waals surface area contributed by atoms with E-state index in [1.54, 1.807) is 37.3 Å². The van der Waals surface area contributed by atoms with Crippen LogP contribution in [0.5, 0.6) is 11.5 Å². The van der Waals surface area contributed by atoms with Gasteiger partial charge in [0.1, 0.15) is 32.4 Å². The van der Waals surface area contributed by atoms with Gasteiger partial charge in [-0.15, -0.1) is 15.3 Å². The predicted octanol–water partition coefficient (Wildman–Crippen LogP) is 7.06. The topological polar surface area (TPSA) is 336 Å². The van der Waals surface area contributed by atoms with Crippen molar-refractivity contribution in [3.05, 3.63) is 101 Å². The number of carboxylic acid groups (broad SMARTS) is 1. The molecule has 5 aromatic carbocycles. The van der Waals surface area contributed by atoms with Crippen LogP contribution in [0, 0.1) is 10.1 Å². The zero-order valence-electron chi connectivity index (χ0n) is 28.5. The number of amides is 1. The van der Waals surface area contributed by atoms with Gasteiger partial charge in [-0.1, -0.05) is 24.3 Å². The first-order chi connectivity index (χ1) is 26.8. The van der Waals surface area contributed by atoms with E-state index in [-0.39, 0.29) is 16.8 Å². The van der Waals surface area contributed by atoms with E-state index in [0.29, 0.717) is 11.4 Å². The molecule has 1 amide bonds. The van der Waals surface area contributed by atoms with Crippen LogP contribution in [0.15, 0.2) is 131 Å². The SMILES string of the molecule is CC1=NN(c2ccccc2)C(=O)C1N=Nc1ccc(N=Nc2ccc3cc(S(=O)(=O)O)c(N=Nc4ccc([N+](=O)[O-])c(C(=O)O)c4)c(O)c3c2O)c(S(=O)(=O)O)c1. The van der Waals surface area contributed by atoms with Crippen molar-refractivity contribution in [2.75, 3.05) is 5.01 Å². The fraction of sp³-hybridized carbons (Fsp3) is 0.0606. The number of aromatic carboxylic acids is 1. The maximum Gasteiger partial charge on any atom is 0.342 e. The van der Waals surface area contributed by atoms with Gasteiger partial charge >= 0.3 is 5.97 Å². The summed E-state index contributed by atoms with van der Waals surface area (Å²) in [4.78, 5) is 32.9. The average molecular weight is 818 g/mol. The van der Waals surface area contributed by atoms with Gasteiger partial charge in [0.25, 0.3) is 31.8 Å². The smallest absolute Gasteiger partial charge is 0.342 e. The molecule has 0 fully saturated rings. The number of hydrogen-bond donors (Lipinski definition) is 5. The van der Waals surface area contributed by atoms with Crippen molar-refractivity contribution in [2.24, 2.45) is 35.8 Å². The number of nitro benzene ring substituents is 1. The minimum absolute atomic E-state index is 0.122. The molecule has 1 aliphatic heterocycles. The van der Waals surface area contributed by atoms with E-state index in [4.69, 9.17) is 0 Å². The zero-order chi connectivity index (χ0) is 41.4. The van der Waals surface area contributed by atoms with E-state index < -0.39 is 98.1 Å². The normalized spacial score (nSPS) is 15.0. The highest BCUT2D eigenvalue weighted by Gasteiger charge is 2.35. The summed E-state index contributed by atoms with van der Waals surface area (Å²) in [7, 11) is -10.2. The van der Waals surface area contributed by atoms with Crippen molar-refractivity contribution in [2.45, 2.75) is 22.8 Å². The molecule has 1 heterocycles. The van der Waals surface area contributed by atoms with Gasteiger partial charge < -0.3 is 15.3 Å². The molecule has 57 heavy (non-hydrogen) atoms. The van der Waals surface area contributed by atoms with Gasteiger partial charge in [-0.2, -0.15) is 42.3 Å². The number of fused-ring (bicyclic) bond motifs is 1. The molecule has 1 atom stereocenters. The summed E-state index contributed by atoms with van der Waals surface area (Å²) in [5.74, 6) is -4.16. The molecule has 0 saturated carbocycles. The molecule has 0 aliphatic carbocycles. The van der Waals surface area contributed by atoms with E-state index in [9.17, 15) is 61.0 Å². The Kier molecular flexibility index (Phi) is 10.4. The van der Waals surface area contributed by atoms with Gasteiger partial charge in [-0.3, -0.25) is 24.0 Å². The number of carboxylic acids is 1. The van der Waals surface area contributed by atoms with Gasteiger partial charge in [0.15, 0.2) is 17.5 Å². The molecule has 1 aliphatic rings. The number of benzene rings is 5. The van der Waals surface area contributed by atoms with Crippen molar-refractivity contribution >= 4 is 88.4 Å². The number of para-hydroxylation sites is 1. The second-order valence-corrected chi connectivity index (χ2v) is 14.5. The lowest BCUT2D eigenvalue weighted by molar-refractivity contribution is -0.385. The number of anilines is 1. The summed E-state index contributed by atoms with van der Waals surface area (Å²) in [6, 6.07) is 16.1. The maximum atomic E-state index is 13.0. The Morgan fingerprint density at radius 1 is 0.789 bits per heavy atom. The van der Waals surface area contributed by atoms with Crippen LogP contribution in [0.2, 0.25) is 0 Å². The highest BCUT2D eigenvalue weighted by molar-refractivity contribution is 7.86. The van der Waals surface area contributed by atoms with E-state index in [1.165, 1.54) is 6.07 Å². The molecular formula is C33H23N9O13S2. The molecule has 0 spiro atoms. The molecule has 5 N–H and O–H groups in total. The third-order valence-corrected chi connectivity index (χ3v) is 9.74. The minimum atomic E-state index is -5.15. The Bertz CT molecular complexity index is 2880. The van der Waals surface area contributed by atoms with Gasteiger partial charge in [0, 0.05) is 6.07 Å². The largest absolute Gasteiger partial charge is 0.505 e. The average Bonchev–Trinajstić information content (AvgIpc) is 3.44. The lowest BCUT2D eigenvalue weighted by atomic mass is 10.1. The number of phenolic OH excluding ortho intramolecular Hbond substituents is 2. The number of carbonyl (C=O) groups excluding carboxylic acids is 1. The monoisotopic (exact) mass is 817 g/mol. The number of nitro groups is 1. The lowest BCUT2D eigenvalue weighted by Crippen LogP contribution is -2.29. The number of phenols is 2. The van der Waals surface area contributed by atoms with Crippen molar-refractivity contribution in [3.63, 3.8) is 0 Å². The van der Waals surface area contributed by atoms with Crippen molar-refractivity contribution in [1.82, 2.24) is 0 Å². The second kappa shape index (κ2) is 15.0. The summed E-state index contributed by atoms with van der Waals surface area (Å²) in [6.45, 7) is 1.55. The maximum absolute atomic E-state index is 13.0. The molecule has 0 saturated heterocycles. The number of nitrogens with zero attached hydrogens (tertiary/aromatic N) is 9. The number of hydrogen-bond acceptors (Lipinski definition) is 17. The molecule has 0 bridgehead atoms. The number of aromatic hydroxyl groups is 2. The van der Waals surface area contributed by atoms with Crippen LogP contribution in [0.4, 0.5) is 39.8 Å². The summed E-state index contributed by atoms with van der Waals surface area (Å²) in [5.41, 5.74) is -3.12. The van der Waals surface area contributed by atoms with Crippen LogP contribution >= 0.6 is 0 Å². The van der Waals surface area contributed by atoms with Crippen molar-refractivity contribution in [3.8, 4) is 11.5 Å². The predicted molar refractivity (Wildman–Crippen MR) is 197 cm³/mol. The molecule has 1 unspecified atom stereocenters. The molecule has 24 heteroatoms. The Balaban J connectivity index is 1.34. The summed E-state index contributed by atoms with van der Waals surface area (Å²) >= 11 is 0. The van der Waals surface area contributed by atoms with Crippen molar-refractivity contribution < 1.29 is 55.8 Å². The molecule has 6 rings (SSSR count). The third-order valence-electron chi connectivity index (χ3n) is 7.99. The molecule has 290 valence electrons. The van der Waals surface area contributed by atoms with E-state index in [1.807, 2.05) is 0 Å². The number of carbonyl (C=O) groups is 2. The Morgan fingerprint density at radius 3 is 2.07 bits per heavy atom. The molecule has 22 nitrogen and oxygen atoms in total. The lowest BCUT2D eigenvalue weighted by Gasteiger charge is -2.11. The Hall–Kier alpha value is -7.41. The van der Waals surface area contributed by atoms with Gasteiger partial charge in [-0.25, -0.2) is 4.79 Å². The fourth-order valence-electron chi connectivity index (χ4n) is 5.34. The van der Waals surface area contributed by atoms with E-state index >= 15 is 0 Å². The minimum Gasteiger partial charge on any atom is -0.505 e. The van der Waals surface area contributed by atoms with E-state index in [2.05, 4.69) is 35.8 Å². The standard InChI is InChI=1S/C33H23N9O13S2/c1-16-28(32(45)41(40-16)20-5-3-2-4-6-20)38-35-19-8-11-22(25(15-19)56(50,51)52)36-37-23-10-7-17-13-26(57(53,54)55)29(31(44)27(17)30(23)43)39-34-18-9-12-24(42(48)49)21(14-18)33(46)47/h2-15,28,43-44H,1H3,(H,46,47)(H,50,51,52)(H,53,54,55). The number of hydrazone groups is 1. The summed E-state index contributed by atoms with van der Waals surface area (Å²) < 4.78 is 69.1. The summed E-state index contributed by atoms with van der Waals surface area (Å²) in [6.07, 6.45) is 0. The van der Waals surface area contributed by atoms with Crippen LogP contribution in [0.3, 0.4) is 0 Å². The van der Waals surface area contributed by atoms with Gasteiger partial charge in [0.05, 0.1) is 33.1 Å². The van der Waals surface area contributed by atoms with Gasteiger partial charge in [0.2, 0.25) is 0 Å². The fourth-order valence-corrected chi connectivity index (χ4v) is 6.64. The van der Waals surface area contributed by atoms with Crippen LogP contribution in [0.1, 0.15) is 17.3 Å². The molecule has 0 radical (unpaired) electrons. The van der Waals surface area contributed by atoms with Crippen molar-refractivity contribution in [1.29, 1.82) is 0 Å². The Labute approximate surface area is 319 Å². The second-order valence-electron chi connectivity index (χ2n) is 11.7.